The predicted octanol–water partition coefficient (Wildman–Crippen LogP) is 2.64. The second-order valence-corrected chi connectivity index (χ2v) is 4.45. The van der Waals surface area contributed by atoms with Gasteiger partial charge in [0.2, 0.25) is 0 Å². The SMILES string of the molecule is CCCC1(C)OCc2c(C)nc(C)nc21. The van der Waals surface area contributed by atoms with Crippen LogP contribution in [0.15, 0.2) is 0 Å². The molecule has 1 unspecified atom stereocenters. The lowest BCUT2D eigenvalue weighted by molar-refractivity contribution is -0.0323. The molecule has 2 heterocycles. The molecule has 1 aromatic heterocycles. The highest BCUT2D eigenvalue weighted by Gasteiger charge is 2.37. The Kier molecular flexibility index (Phi) is 2.51. The van der Waals surface area contributed by atoms with E-state index in [9.17, 15) is 0 Å². The summed E-state index contributed by atoms with van der Waals surface area (Å²) in [6, 6.07) is 0. The molecule has 0 saturated heterocycles. The van der Waals surface area contributed by atoms with Crippen molar-refractivity contribution < 1.29 is 4.74 Å². The van der Waals surface area contributed by atoms with Gasteiger partial charge >= 0.3 is 0 Å². The Morgan fingerprint density at radius 3 is 2.73 bits per heavy atom. The number of ether oxygens (including phenoxy) is 1. The van der Waals surface area contributed by atoms with Crippen LogP contribution in [0.25, 0.3) is 0 Å². The van der Waals surface area contributed by atoms with E-state index in [2.05, 4.69) is 23.8 Å². The summed E-state index contributed by atoms with van der Waals surface area (Å²) in [5.74, 6) is 0.846. The number of fused-ring (bicyclic) bond motifs is 1. The van der Waals surface area contributed by atoms with E-state index in [1.54, 1.807) is 0 Å². The summed E-state index contributed by atoms with van der Waals surface area (Å²) in [6.45, 7) is 8.95. The first kappa shape index (κ1) is 10.6. The molecule has 2 rings (SSSR count). The van der Waals surface area contributed by atoms with Gasteiger partial charge in [-0.2, -0.15) is 0 Å². The minimum absolute atomic E-state index is 0.192. The zero-order valence-corrected chi connectivity index (χ0v) is 9.92. The summed E-state index contributed by atoms with van der Waals surface area (Å²) in [5.41, 5.74) is 3.17. The zero-order chi connectivity index (χ0) is 11.1. The van der Waals surface area contributed by atoms with Gasteiger partial charge in [-0.25, -0.2) is 9.97 Å². The summed E-state index contributed by atoms with van der Waals surface area (Å²) < 4.78 is 5.88. The Morgan fingerprint density at radius 2 is 2.07 bits per heavy atom. The molecule has 15 heavy (non-hydrogen) atoms. The third-order valence-corrected chi connectivity index (χ3v) is 3.09. The molecule has 0 aliphatic carbocycles. The van der Waals surface area contributed by atoms with E-state index in [0.29, 0.717) is 6.61 Å². The molecule has 0 N–H and O–H groups in total. The van der Waals surface area contributed by atoms with Crippen LogP contribution in [0.3, 0.4) is 0 Å². The van der Waals surface area contributed by atoms with Gasteiger partial charge in [-0.3, -0.25) is 0 Å². The Balaban J connectivity index is 2.50. The molecule has 3 nitrogen and oxygen atoms in total. The fraction of sp³-hybridized carbons (Fsp3) is 0.667. The van der Waals surface area contributed by atoms with Crippen LogP contribution in [-0.4, -0.2) is 9.97 Å². The summed E-state index contributed by atoms with van der Waals surface area (Å²) >= 11 is 0. The normalized spacial score (nSPS) is 24.3. The lowest BCUT2D eigenvalue weighted by atomic mass is 9.94. The quantitative estimate of drug-likeness (QED) is 0.746. The van der Waals surface area contributed by atoms with E-state index in [1.807, 2.05) is 13.8 Å². The predicted molar refractivity (Wildman–Crippen MR) is 58.6 cm³/mol. The molecule has 3 heteroatoms. The number of hydrogen-bond donors (Lipinski definition) is 0. The molecular weight excluding hydrogens is 188 g/mol. The van der Waals surface area contributed by atoms with Crippen molar-refractivity contribution in [3.63, 3.8) is 0 Å². The maximum Gasteiger partial charge on any atom is 0.125 e. The van der Waals surface area contributed by atoms with Crippen molar-refractivity contribution in [1.82, 2.24) is 9.97 Å². The average Bonchev–Trinajstić information content (AvgIpc) is 2.45. The summed E-state index contributed by atoms with van der Waals surface area (Å²) in [6.07, 6.45) is 2.13. The van der Waals surface area contributed by atoms with E-state index < -0.39 is 0 Å². The first-order valence-corrected chi connectivity index (χ1v) is 5.55. The number of nitrogens with zero attached hydrogens (tertiary/aromatic N) is 2. The number of rotatable bonds is 2. The van der Waals surface area contributed by atoms with Crippen LogP contribution in [0.4, 0.5) is 0 Å². The van der Waals surface area contributed by atoms with Gasteiger partial charge in [0.1, 0.15) is 11.4 Å². The Labute approximate surface area is 90.9 Å². The van der Waals surface area contributed by atoms with E-state index in [-0.39, 0.29) is 5.60 Å². The highest BCUT2D eigenvalue weighted by molar-refractivity contribution is 5.32. The van der Waals surface area contributed by atoms with E-state index in [0.717, 1.165) is 30.1 Å². The first-order valence-electron chi connectivity index (χ1n) is 5.55. The molecule has 0 saturated carbocycles. The Morgan fingerprint density at radius 1 is 1.33 bits per heavy atom. The molecule has 1 aliphatic rings. The van der Waals surface area contributed by atoms with Crippen molar-refractivity contribution >= 4 is 0 Å². The van der Waals surface area contributed by atoms with E-state index in [1.165, 1.54) is 5.56 Å². The van der Waals surface area contributed by atoms with Crippen molar-refractivity contribution in [1.29, 1.82) is 0 Å². The van der Waals surface area contributed by atoms with Crippen LogP contribution in [0, 0.1) is 13.8 Å². The topological polar surface area (TPSA) is 35.0 Å². The lowest BCUT2D eigenvalue weighted by Crippen LogP contribution is -2.22. The third kappa shape index (κ3) is 1.65. The van der Waals surface area contributed by atoms with Gasteiger partial charge < -0.3 is 4.74 Å². The van der Waals surface area contributed by atoms with Gasteiger partial charge in [0.05, 0.1) is 12.3 Å². The largest absolute Gasteiger partial charge is 0.364 e. The molecule has 1 aliphatic heterocycles. The second-order valence-electron chi connectivity index (χ2n) is 4.45. The fourth-order valence-electron chi connectivity index (χ4n) is 2.31. The highest BCUT2D eigenvalue weighted by atomic mass is 16.5. The van der Waals surface area contributed by atoms with Gasteiger partial charge in [0.25, 0.3) is 0 Å². The zero-order valence-electron chi connectivity index (χ0n) is 9.92. The number of aromatic nitrogens is 2. The molecule has 0 bridgehead atoms. The Bertz CT molecular complexity index is 389. The molecule has 0 aromatic carbocycles. The lowest BCUT2D eigenvalue weighted by Gasteiger charge is -2.23. The van der Waals surface area contributed by atoms with Crippen LogP contribution >= 0.6 is 0 Å². The van der Waals surface area contributed by atoms with Crippen molar-refractivity contribution in [3.8, 4) is 0 Å². The minimum Gasteiger partial charge on any atom is -0.364 e. The van der Waals surface area contributed by atoms with Crippen LogP contribution in [-0.2, 0) is 16.9 Å². The number of hydrogen-bond acceptors (Lipinski definition) is 3. The van der Waals surface area contributed by atoms with E-state index in [4.69, 9.17) is 4.74 Å². The molecule has 0 spiro atoms. The molecule has 1 aromatic rings. The standard InChI is InChI=1S/C12H18N2O/c1-5-6-12(4)11-10(7-15-12)8(2)13-9(3)14-11/h5-7H2,1-4H3. The van der Waals surface area contributed by atoms with Gasteiger partial charge in [0, 0.05) is 11.3 Å². The molecule has 82 valence electrons. The number of aryl methyl sites for hydroxylation is 2. The van der Waals surface area contributed by atoms with Gasteiger partial charge in [0.15, 0.2) is 0 Å². The fourth-order valence-corrected chi connectivity index (χ4v) is 2.31. The Hall–Kier alpha value is -0.960. The molecule has 0 amide bonds. The van der Waals surface area contributed by atoms with Crippen LogP contribution < -0.4 is 0 Å². The smallest absolute Gasteiger partial charge is 0.125 e. The average molecular weight is 206 g/mol. The van der Waals surface area contributed by atoms with E-state index >= 15 is 0 Å². The van der Waals surface area contributed by atoms with Gasteiger partial charge in [-0.1, -0.05) is 13.3 Å². The van der Waals surface area contributed by atoms with Crippen LogP contribution in [0.1, 0.15) is 49.5 Å². The summed E-state index contributed by atoms with van der Waals surface area (Å²) in [7, 11) is 0. The maximum absolute atomic E-state index is 5.88. The van der Waals surface area contributed by atoms with Crippen molar-refractivity contribution in [2.75, 3.05) is 0 Å². The van der Waals surface area contributed by atoms with Crippen molar-refractivity contribution in [3.05, 3.63) is 22.8 Å². The first-order chi connectivity index (χ1) is 7.07. The molecular formula is C12H18N2O. The third-order valence-electron chi connectivity index (χ3n) is 3.09. The van der Waals surface area contributed by atoms with Crippen LogP contribution in [0.5, 0.6) is 0 Å². The molecule has 1 atom stereocenters. The van der Waals surface area contributed by atoms with Crippen molar-refractivity contribution in [2.24, 2.45) is 0 Å². The van der Waals surface area contributed by atoms with Gasteiger partial charge in [-0.05, 0) is 27.2 Å². The molecule has 0 radical (unpaired) electrons. The second kappa shape index (κ2) is 3.56. The van der Waals surface area contributed by atoms with Crippen LogP contribution in [0.2, 0.25) is 0 Å². The monoisotopic (exact) mass is 206 g/mol. The van der Waals surface area contributed by atoms with Crippen molar-refractivity contribution in [2.45, 2.75) is 52.7 Å². The summed E-state index contributed by atoms with van der Waals surface area (Å²) in [5, 5.41) is 0. The minimum atomic E-state index is -0.192. The molecule has 0 fully saturated rings. The summed E-state index contributed by atoms with van der Waals surface area (Å²) in [4.78, 5) is 8.93. The van der Waals surface area contributed by atoms with Gasteiger partial charge in [-0.15, -0.1) is 0 Å². The maximum atomic E-state index is 5.88. The highest BCUT2D eigenvalue weighted by Crippen LogP contribution is 2.39.